The van der Waals surface area contributed by atoms with Crippen molar-refractivity contribution in [3.8, 4) is 5.82 Å². The molecule has 1 amide bonds. The van der Waals surface area contributed by atoms with Crippen LogP contribution in [0.15, 0.2) is 55.1 Å². The second-order valence-electron chi connectivity index (χ2n) is 4.62. The maximum Gasteiger partial charge on any atom is 0.267 e. The largest absolute Gasteiger partial charge is 0.381 e. The van der Waals surface area contributed by atoms with Crippen molar-refractivity contribution < 1.29 is 4.79 Å². The lowest BCUT2D eigenvalue weighted by molar-refractivity contribution is 0.0995. The van der Waals surface area contributed by atoms with Crippen LogP contribution in [0.25, 0.3) is 5.82 Å². The Kier molecular flexibility index (Phi) is 3.78. The maximum absolute atomic E-state index is 11.1. The molecule has 0 fully saturated rings. The molecule has 0 aliphatic carbocycles. The molecule has 3 N–H and O–H groups in total. The van der Waals surface area contributed by atoms with Crippen molar-refractivity contribution in [3.63, 3.8) is 0 Å². The first-order valence-corrected chi connectivity index (χ1v) is 6.67. The molecule has 0 saturated heterocycles. The lowest BCUT2D eigenvalue weighted by Crippen LogP contribution is -2.13. The van der Waals surface area contributed by atoms with Gasteiger partial charge in [-0.2, -0.15) is 5.10 Å². The first-order valence-electron chi connectivity index (χ1n) is 6.67. The van der Waals surface area contributed by atoms with E-state index in [2.05, 4.69) is 20.4 Å². The maximum atomic E-state index is 11.1. The van der Waals surface area contributed by atoms with Gasteiger partial charge in [0.05, 0.1) is 0 Å². The zero-order valence-corrected chi connectivity index (χ0v) is 11.7. The zero-order valence-electron chi connectivity index (χ0n) is 11.7. The molecule has 3 aromatic rings. The molecule has 3 rings (SSSR count). The number of nitrogens with two attached hydrogens (primary N) is 1. The molecule has 0 aliphatic rings. The molecule has 7 nitrogen and oxygen atoms in total. The predicted molar refractivity (Wildman–Crippen MR) is 81.4 cm³/mol. The van der Waals surface area contributed by atoms with E-state index in [0.29, 0.717) is 6.54 Å². The topological polar surface area (TPSA) is 98.7 Å². The van der Waals surface area contributed by atoms with Gasteiger partial charge in [-0.25, -0.2) is 9.67 Å². The first-order chi connectivity index (χ1) is 10.7. The minimum atomic E-state index is -0.548. The van der Waals surface area contributed by atoms with E-state index < -0.39 is 5.91 Å². The quantitative estimate of drug-likeness (QED) is 0.740. The van der Waals surface area contributed by atoms with Gasteiger partial charge in [0, 0.05) is 37.0 Å². The number of primary amides is 1. The van der Waals surface area contributed by atoms with Crippen molar-refractivity contribution in [2.45, 2.75) is 6.54 Å². The van der Waals surface area contributed by atoms with Gasteiger partial charge in [-0.1, -0.05) is 0 Å². The minimum Gasteiger partial charge on any atom is -0.381 e. The Labute approximate surface area is 126 Å². The number of aromatic nitrogens is 4. The Bertz CT molecular complexity index is 784. The molecule has 0 spiro atoms. The highest BCUT2D eigenvalue weighted by atomic mass is 16.1. The number of hydrogen-bond donors (Lipinski definition) is 2. The molecule has 3 heterocycles. The van der Waals surface area contributed by atoms with Crippen molar-refractivity contribution in [2.75, 3.05) is 5.32 Å². The second kappa shape index (κ2) is 6.04. The highest BCUT2D eigenvalue weighted by Crippen LogP contribution is 2.11. The lowest BCUT2D eigenvalue weighted by atomic mass is 10.2. The van der Waals surface area contributed by atoms with Crippen LogP contribution in [0.2, 0.25) is 0 Å². The van der Waals surface area contributed by atoms with Crippen LogP contribution < -0.4 is 11.1 Å². The third-order valence-electron chi connectivity index (χ3n) is 3.06. The average molecular weight is 294 g/mol. The van der Waals surface area contributed by atoms with Crippen molar-refractivity contribution >= 4 is 11.6 Å². The third-order valence-corrected chi connectivity index (χ3v) is 3.06. The molecule has 22 heavy (non-hydrogen) atoms. The summed E-state index contributed by atoms with van der Waals surface area (Å²) < 4.78 is 1.70. The Morgan fingerprint density at radius 1 is 1.18 bits per heavy atom. The van der Waals surface area contributed by atoms with Crippen LogP contribution in [0.4, 0.5) is 5.69 Å². The molecule has 0 unspecified atom stereocenters. The molecule has 0 radical (unpaired) electrons. The summed E-state index contributed by atoms with van der Waals surface area (Å²) in [6, 6.07) is 9.10. The average Bonchev–Trinajstić information content (AvgIpc) is 3.08. The summed E-state index contributed by atoms with van der Waals surface area (Å²) in [7, 11) is 0. The Balaban J connectivity index is 1.73. The fourth-order valence-electron chi connectivity index (χ4n) is 1.98. The predicted octanol–water partition coefficient (Wildman–Crippen LogP) is 1.37. The monoisotopic (exact) mass is 294 g/mol. The van der Waals surface area contributed by atoms with Crippen LogP contribution in [-0.4, -0.2) is 25.7 Å². The summed E-state index contributed by atoms with van der Waals surface area (Å²) in [6.07, 6.45) is 6.82. The molecule has 0 aliphatic heterocycles. The first kappa shape index (κ1) is 13.7. The van der Waals surface area contributed by atoms with E-state index in [1.807, 2.05) is 24.4 Å². The number of rotatable bonds is 5. The van der Waals surface area contributed by atoms with Crippen LogP contribution >= 0.6 is 0 Å². The molecular weight excluding hydrogens is 280 g/mol. The van der Waals surface area contributed by atoms with Gasteiger partial charge in [0.15, 0.2) is 5.82 Å². The molecule has 0 saturated carbocycles. The molecule has 7 heteroatoms. The van der Waals surface area contributed by atoms with Crippen LogP contribution in [0.1, 0.15) is 16.1 Å². The molecular formula is C15H14N6O. The summed E-state index contributed by atoms with van der Waals surface area (Å²) in [4.78, 5) is 19.3. The van der Waals surface area contributed by atoms with Crippen LogP contribution in [-0.2, 0) is 6.54 Å². The third kappa shape index (κ3) is 3.09. The highest BCUT2D eigenvalue weighted by Gasteiger charge is 2.04. The number of hydrogen-bond acceptors (Lipinski definition) is 5. The van der Waals surface area contributed by atoms with Crippen molar-refractivity contribution in [1.82, 2.24) is 19.7 Å². The van der Waals surface area contributed by atoms with Gasteiger partial charge < -0.3 is 11.1 Å². The van der Waals surface area contributed by atoms with E-state index in [4.69, 9.17) is 5.73 Å². The van der Waals surface area contributed by atoms with Gasteiger partial charge in [-0.05, 0) is 35.9 Å². The van der Waals surface area contributed by atoms with Crippen molar-refractivity contribution in [1.29, 1.82) is 0 Å². The summed E-state index contributed by atoms with van der Waals surface area (Å²) in [5.74, 6) is 0.199. The van der Waals surface area contributed by atoms with Crippen molar-refractivity contribution in [2.24, 2.45) is 5.73 Å². The van der Waals surface area contributed by atoms with Crippen LogP contribution in [0.3, 0.4) is 0 Å². The Morgan fingerprint density at radius 2 is 2.05 bits per heavy atom. The van der Waals surface area contributed by atoms with Crippen LogP contribution in [0.5, 0.6) is 0 Å². The number of amides is 1. The summed E-state index contributed by atoms with van der Waals surface area (Å²) >= 11 is 0. The summed E-state index contributed by atoms with van der Waals surface area (Å²) in [5.41, 5.74) is 7.27. The van der Waals surface area contributed by atoms with Gasteiger partial charge in [0.25, 0.3) is 5.91 Å². The zero-order chi connectivity index (χ0) is 15.4. The van der Waals surface area contributed by atoms with Gasteiger partial charge in [0.2, 0.25) is 0 Å². The number of carbonyl (C=O) groups is 1. The minimum absolute atomic E-state index is 0.233. The van der Waals surface area contributed by atoms with E-state index in [9.17, 15) is 4.79 Å². The number of anilines is 1. The fraction of sp³-hybridized carbons (Fsp3) is 0.0667. The van der Waals surface area contributed by atoms with Crippen molar-refractivity contribution in [3.05, 3.63) is 66.4 Å². The van der Waals surface area contributed by atoms with Gasteiger partial charge in [-0.15, -0.1) is 0 Å². The molecule has 0 bridgehead atoms. The fourth-order valence-corrected chi connectivity index (χ4v) is 1.98. The Hall–Kier alpha value is -3.22. The number of nitrogens with zero attached hydrogens (tertiary/aromatic N) is 4. The van der Waals surface area contributed by atoms with Gasteiger partial charge >= 0.3 is 0 Å². The van der Waals surface area contributed by atoms with E-state index in [-0.39, 0.29) is 5.69 Å². The highest BCUT2D eigenvalue weighted by molar-refractivity contribution is 5.91. The van der Waals surface area contributed by atoms with Gasteiger partial charge in [-0.3, -0.25) is 9.78 Å². The number of carbonyl (C=O) groups excluding carboxylic acids is 1. The lowest BCUT2D eigenvalue weighted by Gasteiger charge is -2.08. The molecule has 3 aromatic heterocycles. The second-order valence-corrected chi connectivity index (χ2v) is 4.62. The van der Waals surface area contributed by atoms with E-state index in [0.717, 1.165) is 17.1 Å². The van der Waals surface area contributed by atoms with Crippen LogP contribution in [0, 0.1) is 0 Å². The van der Waals surface area contributed by atoms with E-state index >= 15 is 0 Å². The number of nitrogens with one attached hydrogen (secondary N) is 1. The molecule has 0 atom stereocenters. The van der Waals surface area contributed by atoms with E-state index in [1.165, 1.54) is 0 Å². The standard InChI is InChI=1S/C15H14N6O/c16-15(22)13-9-12(3-6-17-13)19-10-11-2-5-18-14(8-11)21-7-1-4-20-21/h1-9H,10H2,(H2,16,22)(H,17,19). The summed E-state index contributed by atoms with van der Waals surface area (Å²) in [6.45, 7) is 0.582. The molecule has 110 valence electrons. The SMILES string of the molecule is NC(=O)c1cc(NCc2ccnc(-n3cccn3)c2)ccn1. The summed E-state index contributed by atoms with van der Waals surface area (Å²) in [5, 5.41) is 7.37. The normalized spacial score (nSPS) is 10.4. The smallest absolute Gasteiger partial charge is 0.267 e. The van der Waals surface area contributed by atoms with Gasteiger partial charge in [0.1, 0.15) is 5.69 Å². The molecule has 0 aromatic carbocycles. The van der Waals surface area contributed by atoms with E-state index in [1.54, 1.807) is 35.4 Å². The number of pyridine rings is 2. The Morgan fingerprint density at radius 3 is 2.82 bits per heavy atom.